The number of carbonyl (C=O) groups is 1. The summed E-state index contributed by atoms with van der Waals surface area (Å²) in [5, 5.41) is 9.70. The van der Waals surface area contributed by atoms with Crippen LogP contribution in [0.5, 0.6) is 0 Å². The average molecular weight is 341 g/mol. The average Bonchev–Trinajstić information content (AvgIpc) is 3.02. The third-order valence-electron chi connectivity index (χ3n) is 3.49. The van der Waals surface area contributed by atoms with Crippen LogP contribution in [0.2, 0.25) is 0 Å². The van der Waals surface area contributed by atoms with Gasteiger partial charge in [0.05, 0.1) is 5.69 Å². The zero-order valence-electron chi connectivity index (χ0n) is 13.0. The Bertz CT molecular complexity index is 615. The maximum atomic E-state index is 12.9. The number of nitrogens with zero attached hydrogens (tertiary/aromatic N) is 1. The number of hydrogen-bond acceptors (Lipinski definition) is 3. The van der Waals surface area contributed by atoms with Gasteiger partial charge in [-0.05, 0) is 36.8 Å². The van der Waals surface area contributed by atoms with Crippen molar-refractivity contribution in [1.29, 1.82) is 0 Å². The van der Waals surface area contributed by atoms with Gasteiger partial charge < -0.3 is 11.1 Å². The van der Waals surface area contributed by atoms with Crippen LogP contribution in [-0.4, -0.2) is 28.7 Å². The van der Waals surface area contributed by atoms with Crippen LogP contribution in [0.3, 0.4) is 0 Å². The molecule has 126 valence electrons. The fraction of sp³-hybridized carbons (Fsp3) is 0.375. The number of aromatic nitrogens is 2. The minimum atomic E-state index is -0.307. The highest BCUT2D eigenvalue weighted by Crippen LogP contribution is 2.18. The van der Waals surface area contributed by atoms with Crippen LogP contribution in [0.15, 0.2) is 30.3 Å². The molecule has 0 saturated heterocycles. The number of hydrogen-bond donors (Lipinski definition) is 3. The van der Waals surface area contributed by atoms with E-state index in [1.807, 2.05) is 0 Å². The van der Waals surface area contributed by atoms with Crippen molar-refractivity contribution < 1.29 is 9.18 Å². The summed E-state index contributed by atoms with van der Waals surface area (Å²) in [7, 11) is 0. The molecule has 1 amide bonds. The summed E-state index contributed by atoms with van der Waals surface area (Å²) >= 11 is 0. The molecule has 0 bridgehead atoms. The molecule has 1 unspecified atom stereocenters. The third kappa shape index (κ3) is 5.33. The molecule has 0 radical (unpaired) electrons. The summed E-state index contributed by atoms with van der Waals surface area (Å²) in [6.07, 6.45) is 2.94. The molecule has 0 spiro atoms. The molecule has 2 rings (SSSR count). The van der Waals surface area contributed by atoms with Gasteiger partial charge in [0.2, 0.25) is 0 Å². The number of halogens is 2. The lowest BCUT2D eigenvalue weighted by Gasteiger charge is -2.15. The van der Waals surface area contributed by atoms with E-state index in [1.54, 1.807) is 18.2 Å². The molecule has 1 aromatic carbocycles. The molecule has 4 N–H and O–H groups in total. The number of amides is 1. The second-order valence-electron chi connectivity index (χ2n) is 5.22. The van der Waals surface area contributed by atoms with Crippen molar-refractivity contribution in [2.45, 2.75) is 32.2 Å². The molecule has 1 atom stereocenters. The zero-order valence-corrected chi connectivity index (χ0v) is 13.8. The Kier molecular flexibility index (Phi) is 7.71. The van der Waals surface area contributed by atoms with Gasteiger partial charge in [-0.25, -0.2) is 4.39 Å². The minimum Gasteiger partial charge on any atom is -0.347 e. The van der Waals surface area contributed by atoms with E-state index in [0.29, 0.717) is 17.9 Å². The van der Waals surface area contributed by atoms with Crippen molar-refractivity contribution in [3.05, 3.63) is 41.8 Å². The van der Waals surface area contributed by atoms with Crippen LogP contribution in [0, 0.1) is 5.82 Å². The fourth-order valence-electron chi connectivity index (χ4n) is 2.17. The number of nitrogens with one attached hydrogen (secondary N) is 2. The second-order valence-corrected chi connectivity index (χ2v) is 5.22. The highest BCUT2D eigenvalue weighted by atomic mass is 35.5. The van der Waals surface area contributed by atoms with Crippen LogP contribution in [0.1, 0.15) is 36.7 Å². The Hall–Kier alpha value is -1.92. The number of nitrogens with two attached hydrogens (primary N) is 1. The highest BCUT2D eigenvalue weighted by Gasteiger charge is 2.15. The van der Waals surface area contributed by atoms with Gasteiger partial charge in [0.15, 0.2) is 0 Å². The van der Waals surface area contributed by atoms with Gasteiger partial charge in [0, 0.05) is 18.2 Å². The summed E-state index contributed by atoms with van der Waals surface area (Å²) in [5.41, 5.74) is 7.39. The molecule has 1 aromatic heterocycles. The smallest absolute Gasteiger partial charge is 0.269 e. The third-order valence-corrected chi connectivity index (χ3v) is 3.49. The molecular formula is C16H22ClFN4O. The van der Waals surface area contributed by atoms with Crippen molar-refractivity contribution in [3.63, 3.8) is 0 Å². The van der Waals surface area contributed by atoms with E-state index in [9.17, 15) is 9.18 Å². The Morgan fingerprint density at radius 1 is 1.39 bits per heavy atom. The predicted molar refractivity (Wildman–Crippen MR) is 91.1 cm³/mol. The first kappa shape index (κ1) is 19.1. The monoisotopic (exact) mass is 340 g/mol. The zero-order chi connectivity index (χ0) is 15.9. The van der Waals surface area contributed by atoms with Crippen molar-refractivity contribution in [2.24, 2.45) is 5.73 Å². The van der Waals surface area contributed by atoms with Crippen molar-refractivity contribution in [3.8, 4) is 11.3 Å². The molecule has 5 nitrogen and oxygen atoms in total. The Morgan fingerprint density at radius 2 is 2.09 bits per heavy atom. The van der Waals surface area contributed by atoms with Crippen LogP contribution in [0.25, 0.3) is 11.3 Å². The fourth-order valence-corrected chi connectivity index (χ4v) is 2.17. The summed E-state index contributed by atoms with van der Waals surface area (Å²) in [6, 6.07) is 7.58. The van der Waals surface area contributed by atoms with Gasteiger partial charge in [0.25, 0.3) is 5.91 Å². The van der Waals surface area contributed by atoms with Crippen LogP contribution in [0.4, 0.5) is 4.39 Å². The summed E-state index contributed by atoms with van der Waals surface area (Å²) in [4.78, 5) is 12.2. The van der Waals surface area contributed by atoms with E-state index in [4.69, 9.17) is 5.73 Å². The van der Waals surface area contributed by atoms with E-state index in [1.165, 1.54) is 12.1 Å². The normalized spacial score (nSPS) is 11.6. The van der Waals surface area contributed by atoms with E-state index in [0.717, 1.165) is 24.8 Å². The number of aromatic amines is 1. The number of benzene rings is 1. The lowest BCUT2D eigenvalue weighted by Crippen LogP contribution is -2.40. The maximum Gasteiger partial charge on any atom is 0.269 e. The first-order valence-electron chi connectivity index (χ1n) is 7.46. The van der Waals surface area contributed by atoms with Crippen LogP contribution < -0.4 is 11.1 Å². The molecule has 0 fully saturated rings. The molecule has 0 saturated carbocycles. The molecular weight excluding hydrogens is 319 g/mol. The van der Waals surface area contributed by atoms with Gasteiger partial charge in [0.1, 0.15) is 11.5 Å². The highest BCUT2D eigenvalue weighted by molar-refractivity contribution is 5.93. The van der Waals surface area contributed by atoms with E-state index < -0.39 is 0 Å². The van der Waals surface area contributed by atoms with E-state index >= 15 is 0 Å². The van der Waals surface area contributed by atoms with Crippen molar-refractivity contribution in [2.75, 3.05) is 6.54 Å². The summed E-state index contributed by atoms with van der Waals surface area (Å²) in [5.74, 6) is -0.536. The number of H-pyrrole nitrogens is 1. The lowest BCUT2D eigenvalue weighted by molar-refractivity contribution is 0.0930. The minimum absolute atomic E-state index is 0. The van der Waals surface area contributed by atoms with Gasteiger partial charge in [-0.1, -0.05) is 19.8 Å². The lowest BCUT2D eigenvalue weighted by atomic mass is 10.1. The molecule has 0 aliphatic carbocycles. The number of unbranched alkanes of at least 4 members (excludes halogenated alkanes) is 1. The molecule has 2 aromatic rings. The molecule has 23 heavy (non-hydrogen) atoms. The maximum absolute atomic E-state index is 12.9. The number of carbonyl (C=O) groups excluding carboxylic acids is 1. The van der Waals surface area contributed by atoms with E-state index in [-0.39, 0.29) is 30.2 Å². The van der Waals surface area contributed by atoms with Crippen molar-refractivity contribution >= 4 is 18.3 Å². The van der Waals surface area contributed by atoms with Crippen LogP contribution in [-0.2, 0) is 0 Å². The molecule has 1 heterocycles. The first-order chi connectivity index (χ1) is 10.6. The topological polar surface area (TPSA) is 83.8 Å². The Morgan fingerprint density at radius 3 is 2.70 bits per heavy atom. The largest absolute Gasteiger partial charge is 0.347 e. The van der Waals surface area contributed by atoms with Gasteiger partial charge in [-0.15, -0.1) is 12.4 Å². The summed E-state index contributed by atoms with van der Waals surface area (Å²) in [6.45, 7) is 2.50. The second kappa shape index (κ2) is 9.27. The predicted octanol–water partition coefficient (Wildman–Crippen LogP) is 2.88. The SMILES string of the molecule is CCCCC(CN)NC(=O)c1cc(-c2ccc(F)cc2)n[nH]1.Cl. The first-order valence-corrected chi connectivity index (χ1v) is 7.46. The van der Waals surface area contributed by atoms with E-state index in [2.05, 4.69) is 22.4 Å². The standard InChI is InChI=1S/C16H21FN4O.ClH/c1-2-3-4-13(10-18)19-16(22)15-9-14(20-21-15)11-5-7-12(17)8-6-11;/h5-9,13H,2-4,10,18H2,1H3,(H,19,22)(H,20,21);1H. The molecule has 0 aliphatic heterocycles. The summed E-state index contributed by atoms with van der Waals surface area (Å²) < 4.78 is 12.9. The van der Waals surface area contributed by atoms with Gasteiger partial charge >= 0.3 is 0 Å². The molecule has 7 heteroatoms. The number of rotatable bonds is 7. The Balaban J connectivity index is 0.00000264. The quantitative estimate of drug-likeness (QED) is 0.724. The van der Waals surface area contributed by atoms with Crippen LogP contribution >= 0.6 is 12.4 Å². The van der Waals surface area contributed by atoms with Gasteiger partial charge in [-0.2, -0.15) is 5.10 Å². The molecule has 0 aliphatic rings. The van der Waals surface area contributed by atoms with Crippen molar-refractivity contribution in [1.82, 2.24) is 15.5 Å². The Labute approximate surface area is 141 Å². The van der Waals surface area contributed by atoms with Gasteiger partial charge in [-0.3, -0.25) is 9.89 Å².